The molecule has 0 radical (unpaired) electrons. The average Bonchev–Trinajstić information content (AvgIpc) is 3.26. The van der Waals surface area contributed by atoms with Crippen LogP contribution in [0, 0.1) is 0 Å². The van der Waals surface area contributed by atoms with Crippen molar-refractivity contribution in [3.8, 4) is 11.4 Å². The van der Waals surface area contributed by atoms with Crippen LogP contribution < -0.4 is 0 Å². The van der Waals surface area contributed by atoms with Crippen molar-refractivity contribution in [2.75, 3.05) is 7.05 Å². The van der Waals surface area contributed by atoms with E-state index >= 15 is 0 Å². The summed E-state index contributed by atoms with van der Waals surface area (Å²) in [6.45, 7) is 2.16. The van der Waals surface area contributed by atoms with Crippen molar-refractivity contribution in [1.29, 1.82) is 0 Å². The van der Waals surface area contributed by atoms with E-state index in [4.69, 9.17) is 9.51 Å². The number of hydrogen-bond donors (Lipinski definition) is 0. The van der Waals surface area contributed by atoms with Crippen LogP contribution in [-0.4, -0.2) is 34.2 Å². The summed E-state index contributed by atoms with van der Waals surface area (Å²) in [7, 11) is 2.26. The maximum Gasteiger partial charge on any atom is 0.235 e. The molecule has 5 rings (SSSR count). The van der Waals surface area contributed by atoms with Gasteiger partial charge in [-0.1, -0.05) is 64.9 Å². The van der Waals surface area contributed by atoms with Crippen LogP contribution in [-0.2, 0) is 0 Å². The van der Waals surface area contributed by atoms with Crippen LogP contribution in [0.1, 0.15) is 44.4 Å². The minimum Gasteiger partial charge on any atom is -0.338 e. The standard InChI is InChI=1S/C23H25N3O/c1-15-8-10-16(11-9-15)19-14-18-12-13-20(26(18)2)21(19)23-24-22(25-27-23)17-6-4-3-5-7-17/h3-10,18,20-21H,11-14H2,1-2H3/b19-16-/t18-,20?,21-/m1/s1. The Hall–Kier alpha value is -2.46. The molecule has 2 saturated heterocycles. The second-order valence-corrected chi connectivity index (χ2v) is 8.00. The van der Waals surface area contributed by atoms with Crippen molar-refractivity contribution in [2.45, 2.75) is 50.6 Å². The van der Waals surface area contributed by atoms with Crippen LogP contribution in [0.25, 0.3) is 11.4 Å². The number of likely N-dealkylation sites (N-methyl/N-ethyl adjacent to an activating group) is 1. The number of allylic oxidation sites excluding steroid dienone is 5. The summed E-state index contributed by atoms with van der Waals surface area (Å²) < 4.78 is 5.84. The van der Waals surface area contributed by atoms with E-state index in [1.54, 1.807) is 0 Å². The van der Waals surface area contributed by atoms with Gasteiger partial charge in [0, 0.05) is 17.6 Å². The van der Waals surface area contributed by atoms with Gasteiger partial charge in [0.1, 0.15) is 0 Å². The molecule has 1 unspecified atom stereocenters. The fraction of sp³-hybridized carbons (Fsp3) is 0.391. The normalized spacial score (nSPS) is 30.6. The summed E-state index contributed by atoms with van der Waals surface area (Å²) in [6, 6.07) is 11.2. The number of aromatic nitrogens is 2. The molecule has 1 aliphatic carbocycles. The molecular weight excluding hydrogens is 334 g/mol. The molecule has 2 fully saturated rings. The lowest BCUT2D eigenvalue weighted by Gasteiger charge is -2.39. The molecule has 2 aliphatic heterocycles. The van der Waals surface area contributed by atoms with E-state index in [9.17, 15) is 0 Å². The molecule has 0 saturated carbocycles. The first kappa shape index (κ1) is 16.7. The maximum absolute atomic E-state index is 5.84. The highest BCUT2D eigenvalue weighted by atomic mass is 16.5. The van der Waals surface area contributed by atoms with Gasteiger partial charge in [-0.05, 0) is 45.2 Å². The molecule has 3 aliphatic rings. The number of fused-ring (bicyclic) bond motifs is 2. The van der Waals surface area contributed by atoms with E-state index in [1.807, 2.05) is 30.3 Å². The summed E-state index contributed by atoms with van der Waals surface area (Å²) in [5.74, 6) is 1.66. The van der Waals surface area contributed by atoms with Gasteiger partial charge in [-0.2, -0.15) is 4.98 Å². The highest BCUT2D eigenvalue weighted by molar-refractivity contribution is 5.54. The molecule has 138 valence electrons. The molecule has 2 aromatic rings. The molecular formula is C23H25N3O. The minimum atomic E-state index is 0.199. The Bertz CT molecular complexity index is 938. The third kappa shape index (κ3) is 2.88. The Morgan fingerprint density at radius 3 is 2.74 bits per heavy atom. The molecule has 4 heteroatoms. The first-order valence-corrected chi connectivity index (χ1v) is 9.88. The quantitative estimate of drug-likeness (QED) is 0.766. The van der Waals surface area contributed by atoms with E-state index in [1.165, 1.54) is 29.6 Å². The van der Waals surface area contributed by atoms with E-state index < -0.39 is 0 Å². The number of piperidine rings is 1. The van der Waals surface area contributed by atoms with E-state index in [2.05, 4.69) is 42.3 Å². The van der Waals surface area contributed by atoms with Gasteiger partial charge in [0.15, 0.2) is 0 Å². The van der Waals surface area contributed by atoms with Gasteiger partial charge in [-0.15, -0.1) is 0 Å². The van der Waals surface area contributed by atoms with Crippen molar-refractivity contribution >= 4 is 0 Å². The van der Waals surface area contributed by atoms with Gasteiger partial charge < -0.3 is 4.52 Å². The van der Waals surface area contributed by atoms with Crippen molar-refractivity contribution in [3.05, 3.63) is 71.2 Å². The summed E-state index contributed by atoms with van der Waals surface area (Å²) in [4.78, 5) is 7.37. The molecule has 27 heavy (non-hydrogen) atoms. The van der Waals surface area contributed by atoms with Gasteiger partial charge in [0.05, 0.1) is 5.92 Å². The van der Waals surface area contributed by atoms with Gasteiger partial charge >= 0.3 is 0 Å². The first-order valence-electron chi connectivity index (χ1n) is 9.88. The smallest absolute Gasteiger partial charge is 0.235 e. The lowest BCUT2D eigenvalue weighted by atomic mass is 9.80. The Morgan fingerprint density at radius 2 is 1.96 bits per heavy atom. The highest BCUT2D eigenvalue weighted by Crippen LogP contribution is 2.48. The van der Waals surface area contributed by atoms with Crippen molar-refractivity contribution in [1.82, 2.24) is 15.0 Å². The molecule has 0 N–H and O–H groups in total. The van der Waals surface area contributed by atoms with E-state index in [0.717, 1.165) is 24.3 Å². The second-order valence-electron chi connectivity index (χ2n) is 8.00. The fourth-order valence-electron chi connectivity index (χ4n) is 4.89. The predicted molar refractivity (Wildman–Crippen MR) is 106 cm³/mol. The van der Waals surface area contributed by atoms with Crippen LogP contribution in [0.5, 0.6) is 0 Å². The van der Waals surface area contributed by atoms with Gasteiger partial charge in [-0.3, -0.25) is 4.90 Å². The molecule has 1 aromatic carbocycles. The van der Waals surface area contributed by atoms with E-state index in [0.29, 0.717) is 17.9 Å². The van der Waals surface area contributed by atoms with Gasteiger partial charge in [0.25, 0.3) is 0 Å². The van der Waals surface area contributed by atoms with Crippen LogP contribution in [0.4, 0.5) is 0 Å². The maximum atomic E-state index is 5.84. The number of benzene rings is 1. The lowest BCUT2D eigenvalue weighted by molar-refractivity contribution is 0.172. The van der Waals surface area contributed by atoms with E-state index in [-0.39, 0.29) is 5.92 Å². The summed E-state index contributed by atoms with van der Waals surface area (Å²) in [5, 5.41) is 4.30. The molecule has 2 bridgehead atoms. The molecule has 3 heterocycles. The number of rotatable bonds is 2. The minimum absolute atomic E-state index is 0.199. The monoisotopic (exact) mass is 359 g/mol. The number of nitrogens with zero attached hydrogens (tertiary/aromatic N) is 3. The largest absolute Gasteiger partial charge is 0.338 e. The molecule has 1 aromatic heterocycles. The summed E-state index contributed by atoms with van der Waals surface area (Å²) >= 11 is 0. The zero-order valence-corrected chi connectivity index (χ0v) is 15.9. The zero-order chi connectivity index (χ0) is 18.4. The third-order valence-corrected chi connectivity index (χ3v) is 6.45. The van der Waals surface area contributed by atoms with Crippen molar-refractivity contribution in [2.24, 2.45) is 0 Å². The SMILES string of the molecule is CC1=CC/C(=C2/C[C@H]3CCC([C@@H]2c2nc(-c4ccccc4)no2)N3C)C=C1. The average molecular weight is 359 g/mol. The van der Waals surface area contributed by atoms with Gasteiger partial charge in [0.2, 0.25) is 11.7 Å². The topological polar surface area (TPSA) is 42.2 Å². The van der Waals surface area contributed by atoms with Crippen LogP contribution in [0.3, 0.4) is 0 Å². The lowest BCUT2D eigenvalue weighted by Crippen LogP contribution is -2.42. The summed E-state index contributed by atoms with van der Waals surface area (Å²) in [5.41, 5.74) is 5.29. The van der Waals surface area contributed by atoms with Crippen LogP contribution >= 0.6 is 0 Å². The second kappa shape index (κ2) is 6.61. The molecule has 0 spiro atoms. The third-order valence-electron chi connectivity index (χ3n) is 6.45. The molecule has 3 atom stereocenters. The summed E-state index contributed by atoms with van der Waals surface area (Å²) in [6.07, 6.45) is 11.4. The molecule has 4 nitrogen and oxygen atoms in total. The highest BCUT2D eigenvalue weighted by Gasteiger charge is 2.46. The fourth-order valence-corrected chi connectivity index (χ4v) is 4.89. The van der Waals surface area contributed by atoms with Crippen LogP contribution in [0.15, 0.2) is 69.8 Å². The predicted octanol–water partition coefficient (Wildman–Crippen LogP) is 4.89. The molecule has 0 amide bonds. The van der Waals surface area contributed by atoms with Gasteiger partial charge in [-0.25, -0.2) is 0 Å². The number of hydrogen-bond acceptors (Lipinski definition) is 4. The Morgan fingerprint density at radius 1 is 1.11 bits per heavy atom. The first-order chi connectivity index (χ1) is 13.2. The van der Waals surface area contributed by atoms with Crippen molar-refractivity contribution in [3.63, 3.8) is 0 Å². The van der Waals surface area contributed by atoms with Crippen molar-refractivity contribution < 1.29 is 4.52 Å². The zero-order valence-electron chi connectivity index (χ0n) is 15.9. The Labute approximate surface area is 160 Å². The Balaban J connectivity index is 1.56. The Kier molecular flexibility index (Phi) is 4.09. The van der Waals surface area contributed by atoms with Crippen LogP contribution in [0.2, 0.25) is 0 Å².